The first-order chi connectivity index (χ1) is 8.94. The van der Waals surface area contributed by atoms with Crippen LogP contribution in [0, 0.1) is 6.92 Å². The second kappa shape index (κ2) is 7.02. The van der Waals surface area contributed by atoms with Crippen LogP contribution in [0.2, 0.25) is 0 Å². The van der Waals surface area contributed by atoms with Crippen LogP contribution in [0.3, 0.4) is 0 Å². The summed E-state index contributed by atoms with van der Waals surface area (Å²) < 4.78 is 31.5. The summed E-state index contributed by atoms with van der Waals surface area (Å²) in [5.74, 6) is -0.618. The molecule has 7 heteroatoms. The lowest BCUT2D eigenvalue weighted by Gasteiger charge is -2.08. The van der Waals surface area contributed by atoms with Crippen molar-refractivity contribution in [1.29, 1.82) is 0 Å². The largest absolute Gasteiger partial charge is 0.465 e. The molecule has 1 aromatic rings. The molecule has 0 spiro atoms. The van der Waals surface area contributed by atoms with Gasteiger partial charge in [0.1, 0.15) is 9.77 Å². The molecule has 0 aliphatic heterocycles. The number of sulfonamides is 1. The number of unbranched alkanes of at least 4 members (excludes halogenated alkanes) is 2. The lowest BCUT2D eigenvalue weighted by atomic mass is 10.3. The molecule has 0 fully saturated rings. The van der Waals surface area contributed by atoms with Gasteiger partial charge in [-0.2, -0.15) is 0 Å². The van der Waals surface area contributed by atoms with Gasteiger partial charge in [-0.15, -0.1) is 11.3 Å². The third kappa shape index (κ3) is 4.02. The number of nitrogens with one attached hydrogen (secondary N) is 1. The maximum Gasteiger partial charge on any atom is 0.349 e. The van der Waals surface area contributed by atoms with Crippen molar-refractivity contribution >= 4 is 27.3 Å². The smallest absolute Gasteiger partial charge is 0.349 e. The molecule has 1 N–H and O–H groups in total. The van der Waals surface area contributed by atoms with E-state index in [1.807, 2.05) is 6.92 Å². The van der Waals surface area contributed by atoms with E-state index < -0.39 is 16.0 Å². The first-order valence-electron chi connectivity index (χ1n) is 6.10. The second-order valence-corrected chi connectivity index (χ2v) is 6.76. The quantitative estimate of drug-likeness (QED) is 0.620. The zero-order valence-corrected chi connectivity index (χ0v) is 13.0. The van der Waals surface area contributed by atoms with Gasteiger partial charge < -0.3 is 4.74 Å². The standard InChI is InChI=1S/C12H19NO4S2/c1-4-5-6-7-13-19(15,16)11-9(2)8-18-10(11)12(14)17-3/h8,13H,4-7H2,1-3H3. The maximum absolute atomic E-state index is 12.2. The van der Waals surface area contributed by atoms with Crippen molar-refractivity contribution in [3.8, 4) is 0 Å². The summed E-state index contributed by atoms with van der Waals surface area (Å²) in [6, 6.07) is 0. The monoisotopic (exact) mass is 305 g/mol. The molecule has 0 amide bonds. The van der Waals surface area contributed by atoms with E-state index in [9.17, 15) is 13.2 Å². The van der Waals surface area contributed by atoms with E-state index in [0.29, 0.717) is 12.1 Å². The number of hydrogen-bond acceptors (Lipinski definition) is 5. The van der Waals surface area contributed by atoms with E-state index in [1.54, 1.807) is 12.3 Å². The lowest BCUT2D eigenvalue weighted by molar-refractivity contribution is 0.0602. The Morgan fingerprint density at radius 3 is 2.68 bits per heavy atom. The molecule has 0 aliphatic carbocycles. The van der Waals surface area contributed by atoms with E-state index in [2.05, 4.69) is 9.46 Å². The van der Waals surface area contributed by atoms with Gasteiger partial charge >= 0.3 is 5.97 Å². The molecule has 0 aromatic carbocycles. The SMILES string of the molecule is CCCCCNS(=O)(=O)c1c(C)csc1C(=O)OC. The number of hydrogen-bond donors (Lipinski definition) is 1. The lowest BCUT2D eigenvalue weighted by Crippen LogP contribution is -2.26. The molecule has 0 saturated heterocycles. The van der Waals surface area contributed by atoms with Crippen LogP contribution in [-0.2, 0) is 14.8 Å². The Morgan fingerprint density at radius 1 is 1.42 bits per heavy atom. The molecule has 5 nitrogen and oxygen atoms in total. The van der Waals surface area contributed by atoms with Crippen molar-refractivity contribution in [1.82, 2.24) is 4.72 Å². The predicted molar refractivity (Wildman–Crippen MR) is 75.1 cm³/mol. The zero-order chi connectivity index (χ0) is 14.5. The normalized spacial score (nSPS) is 11.5. The molecule has 0 radical (unpaired) electrons. The summed E-state index contributed by atoms with van der Waals surface area (Å²) in [5, 5.41) is 1.65. The highest BCUT2D eigenvalue weighted by atomic mass is 32.2. The van der Waals surface area contributed by atoms with Crippen LogP contribution in [0.15, 0.2) is 10.3 Å². The number of methoxy groups -OCH3 is 1. The van der Waals surface area contributed by atoms with Gasteiger partial charge in [0, 0.05) is 6.54 Å². The fourth-order valence-electron chi connectivity index (χ4n) is 1.65. The molecular weight excluding hydrogens is 286 g/mol. The van der Waals surface area contributed by atoms with Crippen molar-refractivity contribution in [2.75, 3.05) is 13.7 Å². The van der Waals surface area contributed by atoms with Gasteiger partial charge in [0.2, 0.25) is 10.0 Å². The Bertz CT molecular complexity index is 534. The molecule has 0 aliphatic rings. The maximum atomic E-state index is 12.2. The molecule has 1 rings (SSSR count). The minimum absolute atomic E-state index is 0.0425. The summed E-state index contributed by atoms with van der Waals surface area (Å²) in [4.78, 5) is 11.7. The van der Waals surface area contributed by atoms with Gasteiger partial charge in [-0.25, -0.2) is 17.9 Å². The molecule has 0 atom stereocenters. The first-order valence-corrected chi connectivity index (χ1v) is 8.46. The summed E-state index contributed by atoms with van der Waals surface area (Å²) in [6.45, 7) is 4.10. The molecule has 0 saturated carbocycles. The molecule has 19 heavy (non-hydrogen) atoms. The fourth-order valence-corrected chi connectivity index (χ4v) is 4.43. The number of ether oxygens (including phenoxy) is 1. The Balaban J connectivity index is 2.94. The summed E-state index contributed by atoms with van der Waals surface area (Å²) >= 11 is 1.09. The van der Waals surface area contributed by atoms with Crippen LogP contribution in [0.1, 0.15) is 41.4 Å². The Labute approximate surface area is 118 Å². The van der Waals surface area contributed by atoms with Crippen LogP contribution in [-0.4, -0.2) is 28.0 Å². The number of carbonyl (C=O) groups is 1. The van der Waals surface area contributed by atoms with Gasteiger partial charge in [-0.1, -0.05) is 19.8 Å². The summed E-state index contributed by atoms with van der Waals surface area (Å²) in [6.07, 6.45) is 2.77. The minimum atomic E-state index is -3.65. The van der Waals surface area contributed by atoms with Crippen LogP contribution in [0.5, 0.6) is 0 Å². The van der Waals surface area contributed by atoms with Gasteiger partial charge in [0.25, 0.3) is 0 Å². The van der Waals surface area contributed by atoms with E-state index in [1.165, 1.54) is 7.11 Å². The Morgan fingerprint density at radius 2 is 2.11 bits per heavy atom. The number of thiophene rings is 1. The van der Waals surface area contributed by atoms with Crippen molar-refractivity contribution in [3.05, 3.63) is 15.8 Å². The Kier molecular flexibility index (Phi) is 5.96. The van der Waals surface area contributed by atoms with E-state index >= 15 is 0 Å². The van der Waals surface area contributed by atoms with E-state index in [-0.39, 0.29) is 9.77 Å². The minimum Gasteiger partial charge on any atom is -0.465 e. The van der Waals surface area contributed by atoms with Gasteiger partial charge in [-0.05, 0) is 24.3 Å². The van der Waals surface area contributed by atoms with Crippen LogP contribution >= 0.6 is 11.3 Å². The van der Waals surface area contributed by atoms with Gasteiger partial charge in [0.05, 0.1) is 7.11 Å². The van der Waals surface area contributed by atoms with Gasteiger partial charge in [0.15, 0.2) is 0 Å². The van der Waals surface area contributed by atoms with E-state index in [0.717, 1.165) is 30.6 Å². The third-order valence-electron chi connectivity index (χ3n) is 2.63. The average Bonchev–Trinajstić information content (AvgIpc) is 2.76. The van der Waals surface area contributed by atoms with Crippen molar-refractivity contribution in [2.24, 2.45) is 0 Å². The highest BCUT2D eigenvalue weighted by molar-refractivity contribution is 7.89. The predicted octanol–water partition coefficient (Wildman–Crippen LogP) is 2.31. The van der Waals surface area contributed by atoms with Crippen molar-refractivity contribution in [3.63, 3.8) is 0 Å². The van der Waals surface area contributed by atoms with Gasteiger partial charge in [-0.3, -0.25) is 0 Å². The third-order valence-corrected chi connectivity index (χ3v) is 5.48. The number of carbonyl (C=O) groups excluding carboxylic acids is 1. The average molecular weight is 305 g/mol. The van der Waals surface area contributed by atoms with Crippen LogP contribution in [0.4, 0.5) is 0 Å². The van der Waals surface area contributed by atoms with Crippen molar-refractivity contribution < 1.29 is 17.9 Å². The molecule has 108 valence electrons. The molecule has 1 heterocycles. The molecular formula is C12H19NO4S2. The topological polar surface area (TPSA) is 72.5 Å². The fraction of sp³-hybridized carbons (Fsp3) is 0.583. The Hall–Kier alpha value is -0.920. The van der Waals surface area contributed by atoms with E-state index in [4.69, 9.17) is 0 Å². The van der Waals surface area contributed by atoms with Crippen LogP contribution in [0.25, 0.3) is 0 Å². The number of esters is 1. The first kappa shape index (κ1) is 16.1. The highest BCUT2D eigenvalue weighted by Crippen LogP contribution is 2.27. The van der Waals surface area contributed by atoms with Crippen molar-refractivity contribution in [2.45, 2.75) is 38.0 Å². The number of rotatable bonds is 7. The zero-order valence-electron chi connectivity index (χ0n) is 11.4. The highest BCUT2D eigenvalue weighted by Gasteiger charge is 2.26. The van der Waals surface area contributed by atoms with Crippen LogP contribution < -0.4 is 4.72 Å². The molecule has 0 bridgehead atoms. The molecule has 1 aromatic heterocycles. The summed E-state index contributed by atoms with van der Waals surface area (Å²) in [5.41, 5.74) is 0.563. The second-order valence-electron chi connectivity index (χ2n) is 4.17. The summed E-state index contributed by atoms with van der Waals surface area (Å²) in [7, 11) is -2.42. The number of aryl methyl sites for hydroxylation is 1. The molecule has 0 unspecified atom stereocenters.